The molecule has 2 rings (SSSR count). The Morgan fingerprint density at radius 2 is 2.00 bits per heavy atom. The van der Waals surface area contributed by atoms with E-state index in [2.05, 4.69) is 19.2 Å². The summed E-state index contributed by atoms with van der Waals surface area (Å²) in [6.45, 7) is 5.66. The fraction of sp³-hybridized carbons (Fsp3) is 1.00. The van der Waals surface area contributed by atoms with Crippen LogP contribution in [0.2, 0.25) is 0 Å². The molecule has 1 aliphatic carbocycles. The highest BCUT2D eigenvalue weighted by Crippen LogP contribution is 2.43. The molecule has 2 N–H and O–H groups in total. The van der Waals surface area contributed by atoms with Gasteiger partial charge in [-0.2, -0.15) is 0 Å². The molecule has 1 aliphatic heterocycles. The average Bonchev–Trinajstić information content (AvgIpc) is 2.52. The molecule has 2 heteroatoms. The summed E-state index contributed by atoms with van der Waals surface area (Å²) in [5.41, 5.74) is -0.0878. The van der Waals surface area contributed by atoms with Crippen molar-refractivity contribution in [2.75, 3.05) is 6.54 Å². The van der Waals surface area contributed by atoms with Crippen LogP contribution in [-0.4, -0.2) is 23.3 Å². The number of hydrogen-bond donors (Lipinski definition) is 2. The zero-order valence-electron chi connectivity index (χ0n) is 9.47. The number of hydrogen-bond acceptors (Lipinski definition) is 2. The van der Waals surface area contributed by atoms with Crippen LogP contribution in [0.3, 0.4) is 0 Å². The molecule has 2 nitrogen and oxygen atoms in total. The minimum absolute atomic E-state index is 0.331. The van der Waals surface area contributed by atoms with Gasteiger partial charge in [-0.1, -0.05) is 13.8 Å². The summed E-state index contributed by atoms with van der Waals surface area (Å²) in [6.07, 6.45) is 6.80. The van der Waals surface area contributed by atoms with Crippen LogP contribution in [0.4, 0.5) is 0 Å². The van der Waals surface area contributed by atoms with Crippen LogP contribution >= 0.6 is 0 Å². The van der Waals surface area contributed by atoms with E-state index in [0.717, 1.165) is 25.8 Å². The van der Waals surface area contributed by atoms with Gasteiger partial charge in [0, 0.05) is 6.04 Å². The van der Waals surface area contributed by atoms with Crippen LogP contribution in [0.1, 0.15) is 52.4 Å². The number of aliphatic hydroxyl groups is 1. The van der Waals surface area contributed by atoms with Crippen LogP contribution in [0.25, 0.3) is 0 Å². The first-order valence-electron chi connectivity index (χ1n) is 5.98. The minimum Gasteiger partial charge on any atom is -0.388 e. The second-order valence-corrected chi connectivity index (χ2v) is 5.95. The first kappa shape index (κ1) is 10.4. The quantitative estimate of drug-likeness (QED) is 0.674. The number of rotatable bonds is 1. The lowest BCUT2D eigenvalue weighted by atomic mass is 9.67. The summed E-state index contributed by atoms with van der Waals surface area (Å²) in [5.74, 6) is 0. The lowest BCUT2D eigenvalue weighted by Gasteiger charge is -2.45. The van der Waals surface area contributed by atoms with E-state index >= 15 is 0 Å². The molecule has 2 unspecified atom stereocenters. The van der Waals surface area contributed by atoms with Gasteiger partial charge in [-0.15, -0.1) is 0 Å². The van der Waals surface area contributed by atoms with E-state index in [9.17, 15) is 5.11 Å². The van der Waals surface area contributed by atoms with Gasteiger partial charge in [-0.05, 0) is 50.5 Å². The second kappa shape index (κ2) is 3.49. The van der Waals surface area contributed by atoms with Crippen molar-refractivity contribution in [2.45, 2.75) is 64.0 Å². The van der Waals surface area contributed by atoms with Crippen molar-refractivity contribution in [3.8, 4) is 0 Å². The van der Waals surface area contributed by atoms with Crippen molar-refractivity contribution < 1.29 is 5.11 Å². The molecular formula is C12H23NO. The SMILES string of the molecule is CC1(C)CCCC(O)(C2CCCN2)C1. The standard InChI is InChI=1S/C12H23NO/c1-11(2)6-4-7-12(14,9-11)10-5-3-8-13-10/h10,13-14H,3-9H2,1-2H3. The summed E-state index contributed by atoms with van der Waals surface area (Å²) < 4.78 is 0. The van der Waals surface area contributed by atoms with Gasteiger partial charge in [0.05, 0.1) is 5.60 Å². The number of nitrogens with one attached hydrogen (secondary N) is 1. The van der Waals surface area contributed by atoms with Crippen molar-refractivity contribution >= 4 is 0 Å². The Kier molecular flexibility index (Phi) is 2.61. The normalized spacial score (nSPS) is 42.6. The van der Waals surface area contributed by atoms with Gasteiger partial charge in [-0.25, -0.2) is 0 Å². The molecule has 0 radical (unpaired) electrons. The zero-order chi connectivity index (χ0) is 10.2. The third kappa shape index (κ3) is 1.96. The molecule has 0 amide bonds. The Morgan fingerprint density at radius 1 is 1.21 bits per heavy atom. The fourth-order valence-electron chi connectivity index (χ4n) is 3.32. The summed E-state index contributed by atoms with van der Waals surface area (Å²) >= 11 is 0. The highest BCUT2D eigenvalue weighted by atomic mass is 16.3. The van der Waals surface area contributed by atoms with Gasteiger partial charge in [-0.3, -0.25) is 0 Å². The zero-order valence-corrected chi connectivity index (χ0v) is 9.47. The van der Waals surface area contributed by atoms with Gasteiger partial charge >= 0.3 is 0 Å². The molecule has 1 heterocycles. The van der Waals surface area contributed by atoms with E-state index in [-0.39, 0.29) is 0 Å². The van der Waals surface area contributed by atoms with Crippen LogP contribution in [-0.2, 0) is 0 Å². The highest BCUT2D eigenvalue weighted by Gasteiger charge is 2.44. The Balaban J connectivity index is 2.06. The smallest absolute Gasteiger partial charge is 0.0805 e. The maximum absolute atomic E-state index is 10.6. The summed E-state index contributed by atoms with van der Waals surface area (Å²) in [5, 5.41) is 14.1. The van der Waals surface area contributed by atoms with Crippen molar-refractivity contribution in [2.24, 2.45) is 5.41 Å². The molecule has 0 aromatic carbocycles. The molecule has 1 saturated carbocycles. The summed E-state index contributed by atoms with van der Waals surface area (Å²) in [4.78, 5) is 0. The van der Waals surface area contributed by atoms with Crippen molar-refractivity contribution in [1.82, 2.24) is 5.32 Å². The molecule has 14 heavy (non-hydrogen) atoms. The van der Waals surface area contributed by atoms with Crippen molar-refractivity contribution in [1.29, 1.82) is 0 Å². The van der Waals surface area contributed by atoms with Crippen LogP contribution < -0.4 is 5.32 Å². The van der Waals surface area contributed by atoms with Gasteiger partial charge in [0.25, 0.3) is 0 Å². The van der Waals surface area contributed by atoms with E-state index in [1.165, 1.54) is 19.3 Å². The largest absolute Gasteiger partial charge is 0.388 e. The second-order valence-electron chi connectivity index (χ2n) is 5.95. The monoisotopic (exact) mass is 197 g/mol. The maximum Gasteiger partial charge on any atom is 0.0805 e. The van der Waals surface area contributed by atoms with Crippen molar-refractivity contribution in [3.63, 3.8) is 0 Å². The van der Waals surface area contributed by atoms with Crippen LogP contribution in [0, 0.1) is 5.41 Å². The van der Waals surface area contributed by atoms with E-state index in [4.69, 9.17) is 0 Å². The Labute approximate surface area is 87.1 Å². The minimum atomic E-state index is -0.418. The van der Waals surface area contributed by atoms with Gasteiger partial charge < -0.3 is 10.4 Å². The maximum atomic E-state index is 10.6. The van der Waals surface area contributed by atoms with Crippen molar-refractivity contribution in [3.05, 3.63) is 0 Å². The Morgan fingerprint density at radius 3 is 2.57 bits per heavy atom. The topological polar surface area (TPSA) is 32.3 Å². The molecule has 0 bridgehead atoms. The summed E-state index contributed by atoms with van der Waals surface area (Å²) in [6, 6.07) is 0.363. The van der Waals surface area contributed by atoms with Gasteiger partial charge in [0.1, 0.15) is 0 Å². The van der Waals surface area contributed by atoms with E-state index in [1.807, 2.05) is 0 Å². The third-order valence-electron chi connectivity index (χ3n) is 3.96. The molecule has 0 aromatic heterocycles. The molecule has 82 valence electrons. The molecular weight excluding hydrogens is 174 g/mol. The Bertz CT molecular complexity index is 208. The predicted octanol–water partition coefficient (Wildman–Crippen LogP) is 2.07. The lowest BCUT2D eigenvalue weighted by Crippen LogP contribution is -2.52. The van der Waals surface area contributed by atoms with Crippen LogP contribution in [0.5, 0.6) is 0 Å². The third-order valence-corrected chi connectivity index (χ3v) is 3.96. The molecule has 0 aromatic rings. The molecule has 2 aliphatic rings. The lowest BCUT2D eigenvalue weighted by molar-refractivity contribution is -0.0623. The van der Waals surface area contributed by atoms with E-state index in [0.29, 0.717) is 11.5 Å². The molecule has 1 saturated heterocycles. The van der Waals surface area contributed by atoms with Gasteiger partial charge in [0.2, 0.25) is 0 Å². The molecule has 2 fully saturated rings. The van der Waals surface area contributed by atoms with E-state index in [1.54, 1.807) is 0 Å². The first-order valence-corrected chi connectivity index (χ1v) is 5.98. The van der Waals surface area contributed by atoms with Crippen LogP contribution in [0.15, 0.2) is 0 Å². The fourth-order valence-corrected chi connectivity index (χ4v) is 3.32. The first-order chi connectivity index (χ1) is 6.52. The molecule has 0 spiro atoms. The van der Waals surface area contributed by atoms with Gasteiger partial charge in [0.15, 0.2) is 0 Å². The summed E-state index contributed by atoms with van der Waals surface area (Å²) in [7, 11) is 0. The molecule has 2 atom stereocenters. The van der Waals surface area contributed by atoms with E-state index < -0.39 is 5.60 Å². The Hall–Kier alpha value is -0.0800. The average molecular weight is 197 g/mol. The highest BCUT2D eigenvalue weighted by molar-refractivity contribution is 5.00. The predicted molar refractivity (Wildman–Crippen MR) is 58.2 cm³/mol.